The monoisotopic (exact) mass is 336 g/mol. The van der Waals surface area contributed by atoms with E-state index in [1.807, 2.05) is 36.4 Å². The Labute approximate surface area is 145 Å². The molecule has 2 aromatic carbocycles. The summed E-state index contributed by atoms with van der Waals surface area (Å²) < 4.78 is 0. The van der Waals surface area contributed by atoms with Gasteiger partial charge in [-0.05, 0) is 53.8 Å². The van der Waals surface area contributed by atoms with E-state index in [1.54, 1.807) is 0 Å². The summed E-state index contributed by atoms with van der Waals surface area (Å²) in [6.07, 6.45) is 1.60. The van der Waals surface area contributed by atoms with Gasteiger partial charge in [0.2, 0.25) is 0 Å². The fourth-order valence-electron chi connectivity index (χ4n) is 3.38. The second kappa shape index (κ2) is 5.84. The summed E-state index contributed by atoms with van der Waals surface area (Å²) in [7, 11) is 0. The first-order valence-electron chi connectivity index (χ1n) is 7.95. The van der Waals surface area contributed by atoms with Crippen LogP contribution in [0.3, 0.4) is 0 Å². The number of rotatable bonds is 2. The lowest BCUT2D eigenvalue weighted by Gasteiger charge is -2.27. The summed E-state index contributed by atoms with van der Waals surface area (Å²) in [5.41, 5.74) is 4.98. The zero-order chi connectivity index (χ0) is 16.7. The average molecular weight is 337 g/mol. The molecule has 120 valence electrons. The fraction of sp³-hybridized carbons (Fsp3) is 0.150. The highest BCUT2D eigenvalue weighted by Gasteiger charge is 2.23. The second-order valence-corrected chi connectivity index (χ2v) is 6.69. The van der Waals surface area contributed by atoms with Crippen LogP contribution in [0.4, 0.5) is 0 Å². The number of amides is 1. The van der Waals surface area contributed by atoms with E-state index < -0.39 is 0 Å². The molecular weight excluding hydrogens is 320 g/mol. The van der Waals surface area contributed by atoms with Crippen LogP contribution in [0, 0.1) is 0 Å². The van der Waals surface area contributed by atoms with E-state index in [0.717, 1.165) is 29.3 Å². The van der Waals surface area contributed by atoms with Gasteiger partial charge in [-0.1, -0.05) is 42.4 Å². The number of nitrogens with one attached hydrogen (secondary N) is 2. The van der Waals surface area contributed by atoms with E-state index in [2.05, 4.69) is 29.0 Å². The Morgan fingerprint density at radius 1 is 1.17 bits per heavy atom. The van der Waals surface area contributed by atoms with E-state index in [-0.39, 0.29) is 11.9 Å². The van der Waals surface area contributed by atoms with Crippen LogP contribution >= 0.6 is 11.6 Å². The van der Waals surface area contributed by atoms with Crippen molar-refractivity contribution < 1.29 is 4.79 Å². The van der Waals surface area contributed by atoms with E-state index >= 15 is 0 Å². The third-order valence-electron chi connectivity index (χ3n) is 4.52. The largest absolute Gasteiger partial charge is 0.351 e. The summed E-state index contributed by atoms with van der Waals surface area (Å²) in [6.45, 7) is 4.16. The van der Waals surface area contributed by atoms with Crippen LogP contribution in [-0.2, 0) is 6.42 Å². The summed E-state index contributed by atoms with van der Waals surface area (Å²) in [5.74, 6) is -0.0977. The lowest BCUT2D eigenvalue weighted by molar-refractivity contribution is 0.0933. The van der Waals surface area contributed by atoms with Gasteiger partial charge < -0.3 is 10.3 Å². The Morgan fingerprint density at radius 2 is 2.00 bits per heavy atom. The summed E-state index contributed by atoms with van der Waals surface area (Å²) in [6, 6.07) is 15.7. The summed E-state index contributed by atoms with van der Waals surface area (Å²) in [5, 5.41) is 4.71. The van der Waals surface area contributed by atoms with Crippen molar-refractivity contribution in [3.63, 3.8) is 0 Å². The highest BCUT2D eigenvalue weighted by Crippen LogP contribution is 2.29. The third-order valence-corrected chi connectivity index (χ3v) is 4.76. The zero-order valence-electron chi connectivity index (χ0n) is 13.1. The molecule has 4 rings (SSSR count). The van der Waals surface area contributed by atoms with Crippen molar-refractivity contribution in [1.82, 2.24) is 10.3 Å². The van der Waals surface area contributed by atoms with Gasteiger partial charge in [0.25, 0.3) is 5.91 Å². The molecule has 3 nitrogen and oxygen atoms in total. The van der Waals surface area contributed by atoms with Gasteiger partial charge in [-0.25, -0.2) is 0 Å². The minimum atomic E-state index is -0.0977. The molecule has 1 heterocycles. The number of halogens is 1. The Hall–Kier alpha value is -2.52. The quantitative estimate of drug-likeness (QED) is 0.707. The Morgan fingerprint density at radius 3 is 2.88 bits per heavy atom. The van der Waals surface area contributed by atoms with Crippen molar-refractivity contribution in [2.24, 2.45) is 0 Å². The number of hydrogen-bond acceptors (Lipinski definition) is 1. The molecule has 0 saturated carbocycles. The van der Waals surface area contributed by atoms with Crippen molar-refractivity contribution in [1.29, 1.82) is 0 Å². The molecule has 1 aliphatic rings. The Balaban J connectivity index is 1.54. The van der Waals surface area contributed by atoms with Gasteiger partial charge in [-0.15, -0.1) is 0 Å². The number of H-pyrrole nitrogens is 1. The number of carbonyl (C=O) groups excluding carboxylic acids is 1. The molecule has 4 heteroatoms. The summed E-state index contributed by atoms with van der Waals surface area (Å²) in [4.78, 5) is 15.7. The lowest BCUT2D eigenvalue weighted by Crippen LogP contribution is -2.38. The van der Waals surface area contributed by atoms with Crippen LogP contribution in [0.1, 0.15) is 28.0 Å². The first-order chi connectivity index (χ1) is 11.6. The molecule has 0 saturated heterocycles. The zero-order valence-corrected chi connectivity index (χ0v) is 13.9. The minimum absolute atomic E-state index is 0.0647. The molecule has 1 aromatic heterocycles. The summed E-state index contributed by atoms with van der Waals surface area (Å²) >= 11 is 6.00. The molecule has 3 aromatic rings. The highest BCUT2D eigenvalue weighted by atomic mass is 35.5. The molecule has 0 bridgehead atoms. The van der Waals surface area contributed by atoms with Gasteiger partial charge in [-0.3, -0.25) is 4.79 Å². The van der Waals surface area contributed by atoms with Gasteiger partial charge in [0.05, 0.1) is 0 Å². The molecule has 1 aliphatic carbocycles. The number of aromatic nitrogens is 1. The maximum Gasteiger partial charge on any atom is 0.267 e. The molecule has 1 unspecified atom stereocenters. The van der Waals surface area contributed by atoms with Crippen LogP contribution in [0.15, 0.2) is 55.1 Å². The van der Waals surface area contributed by atoms with Gasteiger partial charge in [0.15, 0.2) is 0 Å². The van der Waals surface area contributed by atoms with Crippen LogP contribution in [0.25, 0.3) is 16.5 Å². The van der Waals surface area contributed by atoms with Crippen molar-refractivity contribution in [3.05, 3.63) is 77.0 Å². The molecule has 24 heavy (non-hydrogen) atoms. The smallest absolute Gasteiger partial charge is 0.267 e. The number of carbonyl (C=O) groups is 1. The number of benzene rings is 2. The Bertz CT molecular complexity index is 957. The molecule has 2 N–H and O–H groups in total. The van der Waals surface area contributed by atoms with Gasteiger partial charge in [0, 0.05) is 22.0 Å². The third kappa shape index (κ3) is 2.72. The number of hydrogen-bond donors (Lipinski definition) is 2. The molecule has 0 spiro atoms. The van der Waals surface area contributed by atoms with Crippen molar-refractivity contribution >= 4 is 34.0 Å². The number of aromatic amines is 1. The lowest BCUT2D eigenvalue weighted by atomic mass is 9.85. The topological polar surface area (TPSA) is 44.9 Å². The highest BCUT2D eigenvalue weighted by molar-refractivity contribution is 6.31. The average Bonchev–Trinajstić information content (AvgIpc) is 2.98. The van der Waals surface area contributed by atoms with E-state index in [4.69, 9.17) is 11.6 Å². The SMILES string of the molecule is C=C1CC(NC(=O)c2cc3cc(Cl)ccc3[nH]2)Cc2ccccc21. The number of fused-ring (bicyclic) bond motifs is 2. The first kappa shape index (κ1) is 15.0. The predicted octanol–water partition coefficient (Wildman–Crippen LogP) is 4.58. The van der Waals surface area contributed by atoms with Crippen LogP contribution < -0.4 is 5.32 Å². The minimum Gasteiger partial charge on any atom is -0.351 e. The molecule has 0 fully saturated rings. The predicted molar refractivity (Wildman–Crippen MR) is 98.4 cm³/mol. The Kier molecular flexibility index (Phi) is 3.66. The normalized spacial score (nSPS) is 16.9. The van der Waals surface area contributed by atoms with Crippen molar-refractivity contribution in [2.75, 3.05) is 0 Å². The van der Waals surface area contributed by atoms with Gasteiger partial charge in [0.1, 0.15) is 5.69 Å². The standard InChI is InChI=1S/C20H17ClN2O/c1-12-8-16(10-13-4-2-3-5-17(12)13)22-20(24)19-11-14-9-15(21)6-7-18(14)23-19/h2-7,9,11,16,23H,1,8,10H2,(H,22,24). The van der Waals surface area contributed by atoms with Crippen LogP contribution in [0.2, 0.25) is 5.02 Å². The van der Waals surface area contributed by atoms with E-state index in [9.17, 15) is 4.79 Å². The second-order valence-electron chi connectivity index (χ2n) is 6.25. The van der Waals surface area contributed by atoms with Crippen LogP contribution in [0.5, 0.6) is 0 Å². The van der Waals surface area contributed by atoms with Gasteiger partial charge >= 0.3 is 0 Å². The fourth-order valence-corrected chi connectivity index (χ4v) is 3.56. The van der Waals surface area contributed by atoms with Gasteiger partial charge in [-0.2, -0.15) is 0 Å². The first-order valence-corrected chi connectivity index (χ1v) is 8.33. The molecule has 0 radical (unpaired) electrons. The van der Waals surface area contributed by atoms with E-state index in [1.165, 1.54) is 11.1 Å². The molecule has 1 amide bonds. The maximum atomic E-state index is 12.6. The van der Waals surface area contributed by atoms with E-state index in [0.29, 0.717) is 10.7 Å². The molecular formula is C20H17ClN2O. The molecule has 0 aliphatic heterocycles. The van der Waals surface area contributed by atoms with Crippen LogP contribution in [-0.4, -0.2) is 16.9 Å². The maximum absolute atomic E-state index is 12.6. The van der Waals surface area contributed by atoms with Crippen molar-refractivity contribution in [2.45, 2.75) is 18.9 Å². The molecule has 1 atom stereocenters. The van der Waals surface area contributed by atoms with Crippen molar-refractivity contribution in [3.8, 4) is 0 Å².